The van der Waals surface area contributed by atoms with Gasteiger partial charge < -0.3 is 93.8 Å². The van der Waals surface area contributed by atoms with Gasteiger partial charge in [0.05, 0.1) is 47.9 Å². The van der Waals surface area contributed by atoms with Crippen molar-refractivity contribution >= 4 is 71.6 Å². The molecule has 0 aromatic rings. The predicted molar refractivity (Wildman–Crippen MR) is 363 cm³/mol. The van der Waals surface area contributed by atoms with Crippen LogP contribution in [0.3, 0.4) is 0 Å². The third-order valence-electron chi connectivity index (χ3n) is 16.1. The molecule has 0 saturated carbocycles. The minimum Gasteiger partial charge on any atom is -0.480 e. The van der Waals surface area contributed by atoms with E-state index in [0.717, 1.165) is 0 Å². The summed E-state index contributed by atoms with van der Waals surface area (Å²) in [6.45, 7) is 39.4. The zero-order valence-electron chi connectivity index (χ0n) is 64.5. The van der Waals surface area contributed by atoms with Crippen molar-refractivity contribution in [3.63, 3.8) is 0 Å². The van der Waals surface area contributed by atoms with Crippen molar-refractivity contribution in [2.45, 2.75) is 247 Å². The van der Waals surface area contributed by atoms with E-state index in [-0.39, 0.29) is 125 Å². The first kappa shape index (κ1) is 91.5. The Labute approximate surface area is 595 Å². The lowest BCUT2D eigenvalue weighted by atomic mass is 9.83. The first-order valence-electron chi connectivity index (χ1n) is 34.0. The average molecular weight is 1450 g/mol. The number of carbonyl (C=O) groups is 12. The summed E-state index contributed by atoms with van der Waals surface area (Å²) in [5.41, 5.74) is -2.82. The molecule has 0 aromatic carbocycles. The molecule has 6 fully saturated rings. The smallest absolute Gasteiger partial charge is 0.410 e. The lowest BCUT2D eigenvalue weighted by molar-refractivity contribution is -0.156. The zero-order chi connectivity index (χ0) is 80.0. The fraction of sp³-hybridized carbons (Fsp3) is 0.809. The van der Waals surface area contributed by atoms with E-state index in [4.69, 9.17) is 45.9 Å². The Morgan fingerprint density at radius 3 is 1.08 bits per heavy atom. The molecule has 6 aliphatic rings. The molecule has 6 aliphatic heterocycles. The van der Waals surface area contributed by atoms with E-state index in [9.17, 15) is 82.4 Å². The summed E-state index contributed by atoms with van der Waals surface area (Å²) < 4.78 is 52.3. The van der Waals surface area contributed by atoms with E-state index in [1.165, 1.54) is 50.4 Å². The molecular weight excluding hydrogens is 1330 g/mol. The Bertz CT molecular complexity index is 2830. The molecule has 8 atom stereocenters. The van der Waals surface area contributed by atoms with Crippen LogP contribution < -0.4 is 5.73 Å². The van der Waals surface area contributed by atoms with Crippen LogP contribution >= 0.6 is 0 Å². The number of Topliss-reactive ketones (excluding diaryl/α,β-unsaturated/α-hetero) is 2. The maximum atomic E-state index is 12.8. The molecular formula is C68H117FN8O24. The molecule has 32 nitrogen and oxygen atoms in total. The Hall–Kier alpha value is -7.54. The van der Waals surface area contributed by atoms with E-state index in [1.807, 2.05) is 27.7 Å². The molecule has 0 aromatic heterocycles. The van der Waals surface area contributed by atoms with Gasteiger partial charge in [-0.2, -0.15) is 5.26 Å². The van der Waals surface area contributed by atoms with Gasteiger partial charge in [0.1, 0.15) is 65.4 Å². The fourth-order valence-corrected chi connectivity index (χ4v) is 10.8. The van der Waals surface area contributed by atoms with Crippen LogP contribution in [0, 0.1) is 40.9 Å². The molecule has 0 aliphatic carbocycles. The summed E-state index contributed by atoms with van der Waals surface area (Å²) in [6.07, 6.45) is -1.22. The maximum Gasteiger partial charge on any atom is 0.410 e. The van der Waals surface area contributed by atoms with Crippen LogP contribution in [0.1, 0.15) is 186 Å². The number of carboxylic acids is 3. The predicted octanol–water partition coefficient (Wildman–Crippen LogP) is 6.46. The largest absolute Gasteiger partial charge is 0.480 e. The fourth-order valence-electron chi connectivity index (χ4n) is 10.8. The second kappa shape index (κ2) is 38.6. The lowest BCUT2D eigenvalue weighted by Gasteiger charge is -2.28. The van der Waals surface area contributed by atoms with E-state index < -0.39 is 118 Å². The van der Waals surface area contributed by atoms with Crippen LogP contribution in [0.25, 0.3) is 0 Å². The number of β-amino-alcohol motifs (C(OH)–C–C–N with tert-alkyl or cyclic N) is 2. The van der Waals surface area contributed by atoms with Crippen molar-refractivity contribution in [2.24, 2.45) is 35.3 Å². The second-order valence-electron chi connectivity index (χ2n) is 30.7. The minimum absolute atomic E-state index is 0.00561. The van der Waals surface area contributed by atoms with Crippen molar-refractivity contribution in [3.8, 4) is 6.07 Å². The molecule has 33 heteroatoms. The van der Waals surface area contributed by atoms with Crippen LogP contribution in [-0.2, 0) is 71.5 Å². The van der Waals surface area contributed by atoms with Gasteiger partial charge in [-0.3, -0.25) is 28.4 Å². The highest BCUT2D eigenvalue weighted by molar-refractivity contribution is 5.94. The average Bonchev–Trinajstić information content (AvgIpc) is 1.61. The molecule has 6 saturated heterocycles. The number of hydrogen-bond donors (Lipinski definition) is 6. The Balaban J connectivity index is 0.00000126. The summed E-state index contributed by atoms with van der Waals surface area (Å²) in [7, 11) is 0.338. The van der Waals surface area contributed by atoms with E-state index in [0.29, 0.717) is 25.9 Å². The number of ketones is 2. The first-order valence-corrected chi connectivity index (χ1v) is 33.3. The number of hydrogen-bond acceptors (Lipinski definition) is 23. The molecule has 580 valence electrons. The Kier molecular flexibility index (Phi) is 35.0. The van der Waals surface area contributed by atoms with Crippen LogP contribution in [0.5, 0.6) is 0 Å². The summed E-state index contributed by atoms with van der Waals surface area (Å²) in [5, 5.41) is 55.1. The maximum absolute atomic E-state index is 12.8. The van der Waals surface area contributed by atoms with E-state index in [1.54, 1.807) is 117 Å². The highest BCUT2D eigenvalue weighted by atomic mass is 19.1. The number of carboxylic acid groups (broad SMARTS) is 3. The number of aliphatic carboxylic acids is 3. The summed E-state index contributed by atoms with van der Waals surface area (Å²) in [5.74, 6) is -5.63. The molecule has 6 amide bonds. The van der Waals surface area contributed by atoms with Crippen LogP contribution in [0.15, 0.2) is 0 Å². The van der Waals surface area contributed by atoms with Crippen LogP contribution in [0.2, 0.25) is 0 Å². The molecule has 101 heavy (non-hydrogen) atoms. The van der Waals surface area contributed by atoms with Gasteiger partial charge >= 0.3 is 48.3 Å². The number of halogens is 1. The number of carbonyl (C=O) groups excluding carboxylic acids is 9. The number of rotatable bonds is 14. The molecule has 6 rings (SSSR count). The van der Waals surface area contributed by atoms with Crippen molar-refractivity contribution < 1.29 is 122 Å². The van der Waals surface area contributed by atoms with Gasteiger partial charge in [0.2, 0.25) is 0 Å². The standard InChI is InChI=1S/C17H29NO5.2C16H26N2O6.C10H17NO5.C6H13NO2.C2H3N.CH3F/c1-11(2)13(12(3)19)9-14(20)17(22)7-8-18(10-17)15(21)23-16(4,5)6;2*1-10(2)11(12(19)20)18-9-23-16(13(18)21)6-7-17(8-16)14(22)24-15(3,4)5;1-9(2,3)16-8(14)11-5-4-10(15,6-11)7(12)13;1-4(2)5(7)6(8)9-3;1-2-3;1-2/h11,13,22H,7-10H2,1-6H3;2*10-11H,6-9H2,1-5H3,(H,19,20);15H,4-6H2,1-3H3,(H,12,13);4-5H,7H2,1-3H3;1H3;1H3/t13-,17?;11-,16+;11-,16-;;5-;;/m000.0../s1/i;;;;;;1D. The van der Waals surface area contributed by atoms with Crippen molar-refractivity contribution in [1.29, 1.82) is 5.26 Å². The molecule has 0 bridgehead atoms. The summed E-state index contributed by atoms with van der Waals surface area (Å²) in [6, 6.07) is -0.602. The van der Waals surface area contributed by atoms with E-state index in [2.05, 4.69) is 4.74 Å². The number of nitrogens with zero attached hydrogens (tertiary/aromatic N) is 7. The number of alkyl halides is 1. The third kappa shape index (κ3) is 28.7. The topological polar surface area (TPSA) is 440 Å². The van der Waals surface area contributed by atoms with Crippen molar-refractivity contribution in [2.75, 3.05) is 80.1 Å². The van der Waals surface area contributed by atoms with E-state index >= 15 is 0 Å². The van der Waals surface area contributed by atoms with Gasteiger partial charge in [0, 0.05) is 71.1 Å². The molecule has 2 spiro atoms. The zero-order valence-corrected chi connectivity index (χ0v) is 63.5. The number of nitriles is 1. The molecule has 6 heterocycles. The Morgan fingerprint density at radius 2 is 0.851 bits per heavy atom. The number of amides is 6. The molecule has 2 unspecified atom stereocenters. The molecule has 0 radical (unpaired) electrons. The van der Waals surface area contributed by atoms with Crippen molar-refractivity contribution in [1.82, 2.24) is 29.4 Å². The number of ether oxygens (including phenoxy) is 7. The van der Waals surface area contributed by atoms with Gasteiger partial charge in [0.25, 0.3) is 11.8 Å². The number of aliphatic hydroxyl groups is 2. The monoisotopic (exact) mass is 1450 g/mol. The van der Waals surface area contributed by atoms with Crippen LogP contribution in [0.4, 0.5) is 23.6 Å². The number of esters is 1. The van der Waals surface area contributed by atoms with Crippen molar-refractivity contribution in [3.05, 3.63) is 0 Å². The summed E-state index contributed by atoms with van der Waals surface area (Å²) in [4.78, 5) is 150. The first-order chi connectivity index (χ1) is 46.3. The molecule has 7 N–H and O–H groups in total. The highest BCUT2D eigenvalue weighted by Gasteiger charge is 2.58. The Morgan fingerprint density at radius 1 is 0.564 bits per heavy atom. The summed E-state index contributed by atoms with van der Waals surface area (Å²) >= 11 is 0. The van der Waals surface area contributed by atoms with Gasteiger partial charge in [0.15, 0.2) is 22.6 Å². The van der Waals surface area contributed by atoms with Gasteiger partial charge in [-0.1, -0.05) is 55.4 Å². The quantitative estimate of drug-likeness (QED) is 0.0802. The van der Waals surface area contributed by atoms with Gasteiger partial charge in [-0.05, 0) is 114 Å². The van der Waals surface area contributed by atoms with Gasteiger partial charge in [-0.15, -0.1) is 0 Å². The second-order valence-corrected chi connectivity index (χ2v) is 30.7. The normalized spacial score (nSPS) is 23.0. The lowest BCUT2D eigenvalue weighted by Crippen LogP contribution is -2.51. The number of methoxy groups -OCH3 is 1. The minimum atomic E-state index is -1.84. The number of nitrogens with two attached hydrogens (primary N) is 1. The van der Waals surface area contributed by atoms with Gasteiger partial charge in [-0.25, -0.2) is 33.6 Å². The SMILES string of the molecule is CC#N.CC(=O)[C@@H](CC(=O)C1(O)CCN(C(=O)OC(C)(C)C)C1)C(C)C.CC(C)(C)OC(=O)N1CCC(O)(C(=O)O)C1.CC(C)[C@@H](C(=O)O)N1CO[C@@]2(CCN(C(=O)OC(C)(C)C)C2)C1=O.CC(C)[C@@H](C(=O)O)N1CO[C@]2(CCN(C(=O)OC(C)(C)C)C2)C1=O.COC(=O)[C@@H](N)C(C)C.[2H]CF. The number of likely N-dealkylation sites (tertiary alicyclic amines) is 4. The van der Waals surface area contributed by atoms with Crippen LogP contribution in [-0.4, -0.2) is 270 Å². The highest BCUT2D eigenvalue weighted by Crippen LogP contribution is 2.38. The third-order valence-corrected chi connectivity index (χ3v) is 16.1.